The second-order valence-electron chi connectivity index (χ2n) is 18.6. The highest BCUT2D eigenvalue weighted by atomic mass is 16.5. The van der Waals surface area contributed by atoms with Crippen LogP contribution in [0.2, 0.25) is 0 Å². The van der Waals surface area contributed by atoms with Crippen molar-refractivity contribution < 1.29 is 24.2 Å². The number of amides is 3. The monoisotopic (exact) mass is 868 g/mol. The molecular formula is C53H81N5O5. The van der Waals surface area contributed by atoms with Crippen molar-refractivity contribution in [3.63, 3.8) is 0 Å². The molecule has 3 aromatic carbocycles. The summed E-state index contributed by atoms with van der Waals surface area (Å²) in [5.41, 5.74) is 14.8. The van der Waals surface area contributed by atoms with Gasteiger partial charge in [0.2, 0.25) is 0 Å². The Bertz CT molecular complexity index is 1720. The first-order valence-electron chi connectivity index (χ1n) is 24.6. The Morgan fingerprint density at radius 3 is 1.95 bits per heavy atom. The van der Waals surface area contributed by atoms with Gasteiger partial charge in [-0.15, -0.1) is 0 Å². The summed E-state index contributed by atoms with van der Waals surface area (Å²) in [6.45, 7) is 5.71. The van der Waals surface area contributed by atoms with Gasteiger partial charge in [0.25, 0.3) is 5.91 Å². The molecule has 3 aliphatic rings. The number of piperidine rings is 1. The van der Waals surface area contributed by atoms with E-state index >= 15 is 0 Å². The van der Waals surface area contributed by atoms with Crippen LogP contribution >= 0.6 is 0 Å². The van der Waals surface area contributed by atoms with Crippen molar-refractivity contribution in [2.75, 3.05) is 46.5 Å². The molecule has 1 saturated heterocycles. The van der Waals surface area contributed by atoms with Crippen LogP contribution in [0.3, 0.4) is 0 Å². The number of hydrogen-bond acceptors (Lipinski definition) is 7. The molecule has 6 rings (SSSR count). The molecule has 2 saturated carbocycles. The van der Waals surface area contributed by atoms with E-state index in [-0.39, 0.29) is 36.0 Å². The molecule has 348 valence electrons. The molecule has 7 N–H and O–H groups in total. The van der Waals surface area contributed by atoms with Gasteiger partial charge in [-0.1, -0.05) is 157 Å². The van der Waals surface area contributed by atoms with E-state index in [1.807, 2.05) is 77.7 Å². The summed E-state index contributed by atoms with van der Waals surface area (Å²) >= 11 is 0. The molecule has 0 aromatic heterocycles. The molecule has 0 bridgehead atoms. The highest BCUT2D eigenvalue weighted by Gasteiger charge is 2.41. The summed E-state index contributed by atoms with van der Waals surface area (Å²) in [5, 5.41) is 18.2. The molecule has 2 aliphatic carbocycles. The van der Waals surface area contributed by atoms with Gasteiger partial charge < -0.3 is 41.6 Å². The largest absolute Gasteiger partial charge is 0.385 e. The molecular weight excluding hydrogens is 787 g/mol. The average Bonchev–Trinajstić information content (AvgIpc) is 3.34. The predicted molar refractivity (Wildman–Crippen MR) is 255 cm³/mol. The summed E-state index contributed by atoms with van der Waals surface area (Å²) in [6, 6.07) is 28.0. The van der Waals surface area contributed by atoms with Crippen LogP contribution in [0.5, 0.6) is 0 Å². The number of carbonyl (C=O) groups excluding carboxylic acids is 2. The highest BCUT2D eigenvalue weighted by molar-refractivity contribution is 5.94. The zero-order valence-electron chi connectivity index (χ0n) is 38.7. The fourth-order valence-corrected chi connectivity index (χ4v) is 10.2. The lowest BCUT2D eigenvalue weighted by atomic mass is 9.74. The number of likely N-dealkylation sites (tertiary alicyclic amines) is 1. The van der Waals surface area contributed by atoms with Crippen LogP contribution in [-0.4, -0.2) is 80.5 Å². The van der Waals surface area contributed by atoms with Crippen molar-refractivity contribution in [3.8, 4) is 0 Å². The van der Waals surface area contributed by atoms with E-state index in [1.54, 1.807) is 7.11 Å². The van der Waals surface area contributed by atoms with E-state index in [0.29, 0.717) is 50.2 Å². The van der Waals surface area contributed by atoms with Gasteiger partial charge in [-0.3, -0.25) is 4.79 Å². The van der Waals surface area contributed by atoms with Gasteiger partial charge >= 0.3 is 6.03 Å². The molecule has 10 nitrogen and oxygen atoms in total. The number of nitrogens with one attached hydrogen (secondary N) is 2. The van der Waals surface area contributed by atoms with Gasteiger partial charge in [0.05, 0.1) is 12.2 Å². The Labute approximate surface area is 379 Å². The quantitative estimate of drug-likeness (QED) is 0.0669. The maximum Gasteiger partial charge on any atom is 0.317 e. The van der Waals surface area contributed by atoms with E-state index in [4.69, 9.17) is 20.9 Å². The molecule has 1 heterocycles. The lowest BCUT2D eigenvalue weighted by Crippen LogP contribution is -2.53. The second-order valence-corrected chi connectivity index (χ2v) is 18.6. The van der Waals surface area contributed by atoms with Crippen LogP contribution in [0.25, 0.3) is 0 Å². The molecule has 63 heavy (non-hydrogen) atoms. The van der Waals surface area contributed by atoms with Gasteiger partial charge in [-0.2, -0.15) is 0 Å². The number of rotatable bonds is 21. The molecule has 3 aromatic rings. The minimum atomic E-state index is -0.883. The third-order valence-corrected chi connectivity index (χ3v) is 13.8. The zero-order chi connectivity index (χ0) is 44.7. The molecule has 3 amide bonds. The minimum absolute atomic E-state index is 0.0122. The van der Waals surface area contributed by atoms with E-state index in [2.05, 4.69) is 29.7 Å². The third-order valence-electron chi connectivity index (χ3n) is 13.8. The van der Waals surface area contributed by atoms with Crippen LogP contribution in [-0.2, 0) is 15.1 Å². The Hall–Kier alpha value is -3.80. The molecule has 1 aliphatic heterocycles. The topological polar surface area (TPSA) is 152 Å². The number of unbranched alkanes of at least 4 members (excludes halogenated alkanes) is 1. The third kappa shape index (κ3) is 16.0. The van der Waals surface area contributed by atoms with Gasteiger partial charge in [0, 0.05) is 63.5 Å². The fourth-order valence-electron chi connectivity index (χ4n) is 10.2. The zero-order valence-corrected chi connectivity index (χ0v) is 38.7. The number of nitrogens with two attached hydrogens (primary N) is 2. The predicted octanol–water partition coefficient (Wildman–Crippen LogP) is 9.64. The molecule has 5 atom stereocenters. The van der Waals surface area contributed by atoms with Crippen molar-refractivity contribution in [2.45, 2.75) is 146 Å². The van der Waals surface area contributed by atoms with Crippen molar-refractivity contribution in [2.24, 2.45) is 29.2 Å². The fraction of sp³-hybridized carbons (Fsp3) is 0.623. The number of aliphatic hydroxyl groups is 1. The van der Waals surface area contributed by atoms with E-state index < -0.39 is 5.60 Å². The summed E-state index contributed by atoms with van der Waals surface area (Å²) < 4.78 is 11.4. The molecule has 5 unspecified atom stereocenters. The normalized spacial score (nSPS) is 19.8. The maximum atomic E-state index is 13.1. The average molecular weight is 868 g/mol. The summed E-state index contributed by atoms with van der Waals surface area (Å²) in [6.07, 6.45) is 20.1. The summed E-state index contributed by atoms with van der Waals surface area (Å²) in [7, 11) is 1.69. The first-order chi connectivity index (χ1) is 30.8. The maximum absolute atomic E-state index is 13.1. The molecule has 3 fully saturated rings. The lowest BCUT2D eigenvalue weighted by Gasteiger charge is -2.43. The van der Waals surface area contributed by atoms with Crippen LogP contribution in [0.4, 0.5) is 4.79 Å². The SMILES string of the molecule is CCCCC(O)(c1ccccc1)C1CCCN(C(=O)NC(CN)CC2CCCCC2)C1.COCCCOC(c1ccccc1)c1cccc(C(=O)NC(CN)CC2CCCCC2)c1. The van der Waals surface area contributed by atoms with Crippen LogP contribution < -0.4 is 22.1 Å². The molecule has 10 heteroatoms. The number of benzene rings is 3. The van der Waals surface area contributed by atoms with Crippen LogP contribution in [0, 0.1) is 17.8 Å². The van der Waals surface area contributed by atoms with Gasteiger partial charge in [-0.05, 0) is 79.2 Å². The van der Waals surface area contributed by atoms with E-state index in [9.17, 15) is 14.7 Å². The van der Waals surface area contributed by atoms with Crippen LogP contribution in [0.15, 0.2) is 84.9 Å². The van der Waals surface area contributed by atoms with Crippen molar-refractivity contribution in [3.05, 3.63) is 107 Å². The summed E-state index contributed by atoms with van der Waals surface area (Å²) in [4.78, 5) is 28.1. The number of carbonyl (C=O) groups is 2. The van der Waals surface area contributed by atoms with Gasteiger partial charge in [0.1, 0.15) is 6.10 Å². The first kappa shape index (κ1) is 50.2. The van der Waals surface area contributed by atoms with Crippen LogP contribution in [0.1, 0.15) is 156 Å². The minimum Gasteiger partial charge on any atom is -0.385 e. The van der Waals surface area contributed by atoms with Crippen molar-refractivity contribution in [1.82, 2.24) is 15.5 Å². The van der Waals surface area contributed by atoms with E-state index in [0.717, 1.165) is 74.6 Å². The van der Waals surface area contributed by atoms with E-state index in [1.165, 1.54) is 64.2 Å². The Kier molecular flexibility index (Phi) is 21.9. The lowest BCUT2D eigenvalue weighted by molar-refractivity contribution is -0.0555. The number of ether oxygens (including phenoxy) is 2. The Morgan fingerprint density at radius 1 is 0.746 bits per heavy atom. The number of nitrogens with zero attached hydrogens (tertiary/aromatic N) is 1. The first-order valence-corrected chi connectivity index (χ1v) is 24.6. The smallest absolute Gasteiger partial charge is 0.317 e. The Morgan fingerprint density at radius 2 is 1.35 bits per heavy atom. The summed E-state index contributed by atoms with van der Waals surface area (Å²) in [5.74, 6) is 1.35. The standard InChI is InChI=1S/C27H38N2O3.C26H43N3O2/c1-31-16-9-17-32-26(22-12-6-3-7-13-22)23-14-8-15-24(19-23)27(30)29-25(20-28)18-21-10-4-2-5-11-21;1-2-3-16-26(31,22-13-8-5-9-14-22)23-15-10-17-29(20-23)25(30)28-24(19-27)18-21-11-6-4-7-12-21/h3,6-8,12-15,19,21,25-26H,2,4-5,9-11,16-18,20,28H2,1H3,(H,29,30);5,8-9,13-14,21,23-24,31H,2-4,6-7,10-12,15-20,27H2,1H3,(H,28,30). The Balaban J connectivity index is 0.000000238. The number of methoxy groups -OCH3 is 1. The molecule has 0 radical (unpaired) electrons. The highest BCUT2D eigenvalue weighted by Crippen LogP contribution is 2.40. The second kappa shape index (κ2) is 27.5. The van der Waals surface area contributed by atoms with Crippen molar-refractivity contribution in [1.29, 1.82) is 0 Å². The van der Waals surface area contributed by atoms with Crippen molar-refractivity contribution >= 4 is 11.9 Å². The number of urea groups is 1. The molecule has 0 spiro atoms. The van der Waals surface area contributed by atoms with Gasteiger partial charge in [-0.25, -0.2) is 4.79 Å². The number of hydrogen-bond donors (Lipinski definition) is 5. The van der Waals surface area contributed by atoms with Gasteiger partial charge in [0.15, 0.2) is 0 Å².